The number of aliphatic hydroxyl groups excluding tert-OH is 1. The van der Waals surface area contributed by atoms with E-state index in [1.54, 1.807) is 36.5 Å². The summed E-state index contributed by atoms with van der Waals surface area (Å²) in [6, 6.07) is -0.698. The van der Waals surface area contributed by atoms with Gasteiger partial charge in [0.2, 0.25) is 0 Å². The first-order valence-corrected chi connectivity index (χ1v) is 9.12. The lowest BCUT2D eigenvalue weighted by Gasteiger charge is -2.18. The van der Waals surface area contributed by atoms with Gasteiger partial charge in [0.25, 0.3) is 5.91 Å². The molecule has 0 aliphatic heterocycles. The normalized spacial score (nSPS) is 34.9. The van der Waals surface area contributed by atoms with Crippen LogP contribution in [-0.4, -0.2) is 44.5 Å². The number of allylic oxidation sites excluding steroid dienone is 6. The molecule has 8 nitrogen and oxygen atoms in total. The zero-order valence-electron chi connectivity index (χ0n) is 13.3. The summed E-state index contributed by atoms with van der Waals surface area (Å²) in [5.41, 5.74) is 0.389. The monoisotopic (exact) mass is 368 g/mol. The summed E-state index contributed by atoms with van der Waals surface area (Å²) >= 11 is 0. The van der Waals surface area contributed by atoms with Gasteiger partial charge < -0.3 is 15.2 Å². The molecule has 0 aromatic heterocycles. The summed E-state index contributed by atoms with van der Waals surface area (Å²) in [4.78, 5) is 23.6. The van der Waals surface area contributed by atoms with Crippen LogP contribution in [0.2, 0.25) is 0 Å². The van der Waals surface area contributed by atoms with Crippen LogP contribution in [0.25, 0.3) is 0 Å². The zero-order chi connectivity index (χ0) is 18.4. The molecule has 0 heterocycles. The van der Waals surface area contributed by atoms with Gasteiger partial charge in [-0.15, -0.1) is 0 Å². The molecule has 0 radical (unpaired) electrons. The zero-order valence-corrected chi connectivity index (χ0v) is 14.1. The molecule has 4 N–H and O–H groups in total. The number of nitrogens with one attached hydrogen (secondary N) is 1. The molecule has 1 saturated carbocycles. The summed E-state index contributed by atoms with van der Waals surface area (Å²) in [6.07, 6.45) is 11.6. The maximum absolute atomic E-state index is 12.3. The Kier molecular flexibility index (Phi) is 6.43. The first kappa shape index (κ1) is 19.3. The molecule has 0 bridgehead atoms. The third-order valence-corrected chi connectivity index (χ3v) is 4.55. The molecule has 2 rings (SSSR count). The fraction of sp³-hybridized carbons (Fsp3) is 0.375. The van der Waals surface area contributed by atoms with E-state index in [4.69, 9.17) is 5.14 Å². The molecular formula is C16H20N2O6S. The predicted molar refractivity (Wildman–Crippen MR) is 90.2 cm³/mol. The van der Waals surface area contributed by atoms with Crippen LogP contribution in [0, 0.1) is 11.8 Å². The van der Waals surface area contributed by atoms with Crippen molar-refractivity contribution in [3.05, 3.63) is 48.1 Å². The largest absolute Gasteiger partial charge is 0.390 e. The second-order valence-electron chi connectivity index (χ2n) is 5.81. The van der Waals surface area contributed by atoms with E-state index in [0.717, 1.165) is 0 Å². The van der Waals surface area contributed by atoms with Crippen LogP contribution >= 0.6 is 0 Å². The van der Waals surface area contributed by atoms with Crippen LogP contribution in [0.4, 0.5) is 0 Å². The Morgan fingerprint density at radius 2 is 2.00 bits per heavy atom. The summed E-state index contributed by atoms with van der Waals surface area (Å²) in [7, 11) is -4.14. The van der Waals surface area contributed by atoms with Crippen molar-refractivity contribution in [2.24, 2.45) is 17.0 Å². The second kappa shape index (κ2) is 8.34. The van der Waals surface area contributed by atoms with Crippen molar-refractivity contribution < 1.29 is 27.3 Å². The molecular weight excluding hydrogens is 348 g/mol. The number of carbonyl (C=O) groups excluding carboxylic acids is 2. The van der Waals surface area contributed by atoms with Crippen molar-refractivity contribution >= 4 is 22.5 Å². The van der Waals surface area contributed by atoms with Crippen LogP contribution < -0.4 is 10.5 Å². The third kappa shape index (κ3) is 5.46. The van der Waals surface area contributed by atoms with Gasteiger partial charge in [-0.05, 0) is 24.5 Å². The van der Waals surface area contributed by atoms with Crippen LogP contribution in [-0.2, 0) is 24.1 Å². The number of aldehydes is 1. The average Bonchev–Trinajstić information content (AvgIpc) is 2.79. The number of carbonyl (C=O) groups is 2. The number of nitrogens with two attached hydrogens (primary N) is 1. The number of amides is 1. The SMILES string of the molecule is NS(=O)(=O)OC[C@H]1C[C@@H](NC(=O)C2=C/C=C\C=C/C=C\2)[C@H](O)[C@@H]1C=O. The number of rotatable bonds is 6. The number of aliphatic hydroxyl groups is 1. The molecule has 1 fully saturated rings. The summed E-state index contributed by atoms with van der Waals surface area (Å²) in [6.45, 7) is -0.332. The van der Waals surface area contributed by atoms with Crippen molar-refractivity contribution in [1.82, 2.24) is 5.32 Å². The minimum atomic E-state index is -4.14. The molecule has 1 amide bonds. The molecule has 0 aromatic rings. The highest BCUT2D eigenvalue weighted by Gasteiger charge is 2.43. The Hall–Kier alpha value is -2.07. The smallest absolute Gasteiger partial charge is 0.333 e. The van der Waals surface area contributed by atoms with Gasteiger partial charge in [-0.25, -0.2) is 5.14 Å². The molecule has 136 valence electrons. The summed E-state index contributed by atoms with van der Waals surface area (Å²) in [5.74, 6) is -1.82. The van der Waals surface area contributed by atoms with Crippen molar-refractivity contribution in [1.29, 1.82) is 0 Å². The van der Waals surface area contributed by atoms with Crippen LogP contribution in [0.1, 0.15) is 6.42 Å². The van der Waals surface area contributed by atoms with E-state index in [2.05, 4.69) is 9.50 Å². The standard InChI is InChI=1S/C16H20N2O6S/c17-25(22,23)24-10-12-8-14(15(20)13(12)9-19)18-16(21)11-6-4-2-1-3-5-7-11/h1-7,9,12-15,20H,8,10H2,(H,18,21)(H2,17,22,23)/b2-1-,3-1?,4-2?,5-3-,6-4-,7-5?,11-6?,11-7+/t12-,13-,14-,15-/m1/s1. The van der Waals surface area contributed by atoms with E-state index in [1.165, 1.54) is 0 Å². The van der Waals surface area contributed by atoms with E-state index in [-0.39, 0.29) is 13.0 Å². The second-order valence-corrected chi connectivity index (χ2v) is 7.03. The Labute approximate surface area is 146 Å². The third-order valence-electron chi connectivity index (χ3n) is 4.09. The molecule has 4 atom stereocenters. The Balaban J connectivity index is 2.04. The van der Waals surface area contributed by atoms with Gasteiger partial charge in [0, 0.05) is 11.5 Å². The predicted octanol–water partition coefficient (Wildman–Crippen LogP) is -0.504. The van der Waals surface area contributed by atoms with E-state index >= 15 is 0 Å². The van der Waals surface area contributed by atoms with Gasteiger partial charge in [0.15, 0.2) is 0 Å². The molecule has 2 aliphatic carbocycles. The fourth-order valence-corrected chi connectivity index (χ4v) is 3.20. The first-order chi connectivity index (χ1) is 11.8. The minimum absolute atomic E-state index is 0.193. The van der Waals surface area contributed by atoms with Crippen LogP contribution in [0.15, 0.2) is 48.1 Å². The summed E-state index contributed by atoms with van der Waals surface area (Å²) in [5, 5.41) is 17.7. The molecule has 0 spiro atoms. The van der Waals surface area contributed by atoms with Crippen molar-refractivity contribution in [2.45, 2.75) is 18.6 Å². The molecule has 0 aromatic carbocycles. The highest BCUT2D eigenvalue weighted by atomic mass is 32.2. The highest BCUT2D eigenvalue weighted by molar-refractivity contribution is 7.84. The van der Waals surface area contributed by atoms with Crippen LogP contribution in [0.3, 0.4) is 0 Å². The maximum Gasteiger partial charge on any atom is 0.333 e. The number of hydrogen-bond donors (Lipinski definition) is 3. The Morgan fingerprint density at radius 1 is 1.32 bits per heavy atom. The van der Waals surface area contributed by atoms with Gasteiger partial charge in [-0.2, -0.15) is 8.42 Å². The lowest BCUT2D eigenvalue weighted by atomic mass is 9.97. The van der Waals surface area contributed by atoms with Gasteiger partial charge in [0.05, 0.1) is 18.8 Å². The van der Waals surface area contributed by atoms with Gasteiger partial charge in [-0.1, -0.05) is 30.4 Å². The highest BCUT2D eigenvalue weighted by Crippen LogP contribution is 2.32. The minimum Gasteiger partial charge on any atom is -0.390 e. The van der Waals surface area contributed by atoms with E-state index in [0.29, 0.717) is 11.9 Å². The maximum atomic E-state index is 12.3. The van der Waals surface area contributed by atoms with Crippen molar-refractivity contribution in [3.63, 3.8) is 0 Å². The Bertz CT molecular complexity index is 738. The molecule has 9 heteroatoms. The lowest BCUT2D eigenvalue weighted by Crippen LogP contribution is -2.42. The molecule has 0 unspecified atom stereocenters. The topological polar surface area (TPSA) is 136 Å². The summed E-state index contributed by atoms with van der Waals surface area (Å²) < 4.78 is 26.3. The van der Waals surface area contributed by atoms with Crippen molar-refractivity contribution in [2.75, 3.05) is 6.61 Å². The molecule has 2 aliphatic rings. The van der Waals surface area contributed by atoms with E-state index in [9.17, 15) is 23.1 Å². The van der Waals surface area contributed by atoms with Gasteiger partial charge in [-0.3, -0.25) is 8.98 Å². The van der Waals surface area contributed by atoms with Crippen LogP contribution in [0.5, 0.6) is 0 Å². The first-order valence-electron chi connectivity index (χ1n) is 7.65. The van der Waals surface area contributed by atoms with E-state index in [1.807, 2.05) is 6.08 Å². The quantitative estimate of drug-likeness (QED) is 0.541. The van der Waals surface area contributed by atoms with Crippen molar-refractivity contribution in [3.8, 4) is 0 Å². The fourth-order valence-electron chi connectivity index (χ4n) is 2.84. The number of hydrogen-bond acceptors (Lipinski definition) is 6. The van der Waals surface area contributed by atoms with E-state index < -0.39 is 40.2 Å². The van der Waals surface area contributed by atoms with Gasteiger partial charge >= 0.3 is 10.3 Å². The van der Waals surface area contributed by atoms with Gasteiger partial charge in [0.1, 0.15) is 6.29 Å². The molecule has 25 heavy (non-hydrogen) atoms. The lowest BCUT2D eigenvalue weighted by molar-refractivity contribution is -0.120. The Morgan fingerprint density at radius 3 is 2.68 bits per heavy atom. The average molecular weight is 368 g/mol. The molecule has 0 saturated heterocycles.